The van der Waals surface area contributed by atoms with Gasteiger partial charge in [0.05, 0.1) is 18.7 Å². The van der Waals surface area contributed by atoms with Gasteiger partial charge in [0.1, 0.15) is 35.7 Å². The maximum absolute atomic E-state index is 13.9. The van der Waals surface area contributed by atoms with Gasteiger partial charge in [-0.15, -0.1) is 0 Å². The van der Waals surface area contributed by atoms with E-state index in [1.54, 1.807) is 28.9 Å². The predicted molar refractivity (Wildman–Crippen MR) is 198 cm³/mol. The van der Waals surface area contributed by atoms with E-state index in [1.165, 1.54) is 11.0 Å². The molecule has 4 fully saturated rings. The number of rotatable bonds is 14. The van der Waals surface area contributed by atoms with Crippen molar-refractivity contribution in [2.24, 2.45) is 0 Å². The van der Waals surface area contributed by atoms with Gasteiger partial charge in [-0.05, 0) is 77.0 Å². The van der Waals surface area contributed by atoms with Crippen molar-refractivity contribution in [3.8, 4) is 5.75 Å². The van der Waals surface area contributed by atoms with Crippen LogP contribution in [0.25, 0.3) is 10.9 Å². The summed E-state index contributed by atoms with van der Waals surface area (Å²) in [5.74, 6) is -1.87. The Kier molecular flexibility index (Phi) is 12.7. The highest BCUT2D eigenvalue weighted by Crippen LogP contribution is 2.29. The molecule has 1 aromatic carbocycles. The Labute approximate surface area is 320 Å². The molecule has 298 valence electrons. The Morgan fingerprint density at radius 3 is 2.40 bits per heavy atom. The number of ether oxygens (including phenoxy) is 4. The zero-order valence-corrected chi connectivity index (χ0v) is 31.9. The topological polar surface area (TPSA) is 186 Å². The van der Waals surface area contributed by atoms with Crippen molar-refractivity contribution < 1.29 is 47.7 Å². The lowest BCUT2D eigenvalue weighted by Crippen LogP contribution is -2.56. The molecular formula is C39H52N6O10. The van der Waals surface area contributed by atoms with Gasteiger partial charge in [-0.1, -0.05) is 6.07 Å². The number of fused-ring (bicyclic) bond motifs is 1. The van der Waals surface area contributed by atoms with E-state index in [0.717, 1.165) is 31.2 Å². The minimum atomic E-state index is -1.12. The quantitative estimate of drug-likeness (QED) is 0.269. The minimum absolute atomic E-state index is 0.0467. The summed E-state index contributed by atoms with van der Waals surface area (Å²) in [5, 5.41) is 6.42. The van der Waals surface area contributed by atoms with Crippen molar-refractivity contribution in [3.63, 3.8) is 0 Å². The van der Waals surface area contributed by atoms with Crippen molar-refractivity contribution in [3.05, 3.63) is 35.5 Å². The first-order valence-electron chi connectivity index (χ1n) is 19.4. The highest BCUT2D eigenvalue weighted by Gasteiger charge is 2.37. The van der Waals surface area contributed by atoms with Crippen molar-refractivity contribution in [1.29, 1.82) is 0 Å². The van der Waals surface area contributed by atoms with E-state index in [9.17, 15) is 28.8 Å². The fourth-order valence-electron chi connectivity index (χ4n) is 7.12. The molecule has 2 N–H and O–H groups in total. The number of likely N-dealkylation sites (tertiary alicyclic amines) is 1. The molecule has 4 aliphatic rings. The third-order valence-corrected chi connectivity index (χ3v) is 10.8. The van der Waals surface area contributed by atoms with Gasteiger partial charge in [-0.2, -0.15) is 0 Å². The van der Waals surface area contributed by atoms with Crippen molar-refractivity contribution in [2.75, 3.05) is 59.2 Å². The number of esters is 1. The number of carbonyl (C=O) groups excluding carboxylic acids is 6. The average molecular weight is 765 g/mol. The predicted octanol–water partition coefficient (Wildman–Crippen LogP) is 2.48. The first-order chi connectivity index (χ1) is 26.4. The van der Waals surface area contributed by atoms with Gasteiger partial charge in [0, 0.05) is 63.1 Å². The zero-order valence-electron chi connectivity index (χ0n) is 31.9. The van der Waals surface area contributed by atoms with Gasteiger partial charge in [0.2, 0.25) is 11.8 Å². The van der Waals surface area contributed by atoms with E-state index in [1.807, 2.05) is 19.9 Å². The SMILES string of the molecule is CCOC(=O)N1CCN(C(=O)C(CCC(=O)OC[C@]2(C)CCO2)NC(=O)c2cc(OCC(=O)N3CCC[C@H]3C(=O)NC3CCC3)c3ccc(C)cc3n2)CC1. The number of nitrogens with one attached hydrogen (secondary N) is 2. The monoisotopic (exact) mass is 764 g/mol. The van der Waals surface area contributed by atoms with Crippen LogP contribution in [-0.4, -0.2) is 138 Å². The fourth-order valence-corrected chi connectivity index (χ4v) is 7.12. The summed E-state index contributed by atoms with van der Waals surface area (Å²) in [6.45, 7) is 7.40. The summed E-state index contributed by atoms with van der Waals surface area (Å²) in [6.07, 6.45) is 4.39. The number of pyridine rings is 1. The van der Waals surface area contributed by atoms with Gasteiger partial charge < -0.3 is 44.3 Å². The summed E-state index contributed by atoms with van der Waals surface area (Å²) in [6, 6.07) is 5.38. The molecule has 1 aromatic heterocycles. The van der Waals surface area contributed by atoms with Crippen LogP contribution in [0.4, 0.5) is 4.79 Å². The summed E-state index contributed by atoms with van der Waals surface area (Å²) in [5.41, 5.74) is 0.749. The normalized spacial score (nSPS) is 21.6. The number of nitrogens with zero attached hydrogens (tertiary/aromatic N) is 4. The first-order valence-corrected chi connectivity index (χ1v) is 19.4. The Morgan fingerprint density at radius 1 is 0.982 bits per heavy atom. The third-order valence-electron chi connectivity index (χ3n) is 10.8. The second-order valence-electron chi connectivity index (χ2n) is 15.0. The second kappa shape index (κ2) is 17.6. The molecule has 3 atom stereocenters. The fraction of sp³-hybridized carbons (Fsp3) is 0.615. The van der Waals surface area contributed by atoms with E-state index in [-0.39, 0.29) is 88.1 Å². The number of benzene rings is 1. The van der Waals surface area contributed by atoms with Crippen LogP contribution in [-0.2, 0) is 33.4 Å². The summed E-state index contributed by atoms with van der Waals surface area (Å²) in [4.78, 5) is 88.5. The number of aryl methyl sites for hydroxylation is 1. The third kappa shape index (κ3) is 9.82. The highest BCUT2D eigenvalue weighted by molar-refractivity contribution is 5.99. The van der Waals surface area contributed by atoms with Crippen molar-refractivity contribution >= 4 is 46.6 Å². The molecule has 1 saturated carbocycles. The molecule has 0 spiro atoms. The molecule has 16 nitrogen and oxygen atoms in total. The molecule has 1 unspecified atom stereocenters. The highest BCUT2D eigenvalue weighted by atomic mass is 16.6. The molecule has 0 radical (unpaired) electrons. The van der Waals surface area contributed by atoms with E-state index >= 15 is 0 Å². The van der Waals surface area contributed by atoms with Gasteiger partial charge in [-0.3, -0.25) is 24.0 Å². The van der Waals surface area contributed by atoms with Gasteiger partial charge in [0.15, 0.2) is 6.61 Å². The molecule has 55 heavy (non-hydrogen) atoms. The maximum Gasteiger partial charge on any atom is 0.409 e. The number of hydrogen-bond donors (Lipinski definition) is 2. The first kappa shape index (κ1) is 39.7. The van der Waals surface area contributed by atoms with Gasteiger partial charge in [0.25, 0.3) is 11.8 Å². The molecule has 2 aromatic rings. The smallest absolute Gasteiger partial charge is 0.409 e. The van der Waals surface area contributed by atoms with E-state index in [4.69, 9.17) is 18.9 Å². The Morgan fingerprint density at radius 2 is 1.73 bits per heavy atom. The van der Waals surface area contributed by atoms with Crippen molar-refractivity contribution in [1.82, 2.24) is 30.3 Å². The molecular weight excluding hydrogens is 712 g/mol. The summed E-state index contributed by atoms with van der Waals surface area (Å²) in [7, 11) is 0. The number of amides is 5. The van der Waals surface area contributed by atoms with Crippen LogP contribution < -0.4 is 15.4 Å². The van der Waals surface area contributed by atoms with Crippen LogP contribution in [0.3, 0.4) is 0 Å². The number of hydrogen-bond acceptors (Lipinski definition) is 11. The van der Waals surface area contributed by atoms with Crippen LogP contribution in [0.2, 0.25) is 0 Å². The summed E-state index contributed by atoms with van der Waals surface area (Å²) < 4.78 is 22.1. The van der Waals surface area contributed by atoms with Crippen LogP contribution in [0.5, 0.6) is 5.75 Å². The summed E-state index contributed by atoms with van der Waals surface area (Å²) >= 11 is 0. The van der Waals surface area contributed by atoms with E-state index in [2.05, 4.69) is 15.6 Å². The Bertz CT molecular complexity index is 1770. The number of piperazine rings is 1. The Balaban J connectivity index is 1.16. The minimum Gasteiger partial charge on any atom is -0.483 e. The Hall–Kier alpha value is -4.99. The molecule has 5 amide bonds. The van der Waals surface area contributed by atoms with E-state index < -0.39 is 41.6 Å². The second-order valence-corrected chi connectivity index (χ2v) is 15.0. The van der Waals surface area contributed by atoms with Gasteiger partial charge in [-0.25, -0.2) is 9.78 Å². The standard InChI is InChI=1S/C39H52N6O10/c1-4-52-38(51)44-18-16-43(17-19-44)37(50)28(12-13-34(47)54-24-39(3)14-20-55-39)42-35(48)30-22-32(27-11-10-25(2)21-29(27)41-30)53-23-33(46)45-15-6-9-31(45)36(49)40-26-7-5-8-26/h10-11,21-22,26,28,31H,4-9,12-20,23-24H2,1-3H3,(H,40,49)(H,42,48)/t28?,31-,39-/m0/s1. The number of carbonyl (C=O) groups is 6. The molecule has 1 aliphatic carbocycles. The van der Waals surface area contributed by atoms with E-state index in [0.29, 0.717) is 36.9 Å². The molecule has 3 aliphatic heterocycles. The molecule has 4 heterocycles. The van der Waals surface area contributed by atoms with Gasteiger partial charge >= 0.3 is 12.1 Å². The lowest BCUT2D eigenvalue weighted by atomic mass is 9.93. The van der Waals surface area contributed by atoms with Crippen LogP contribution in [0.1, 0.15) is 81.3 Å². The number of aromatic nitrogens is 1. The van der Waals surface area contributed by atoms with Crippen LogP contribution >= 0.6 is 0 Å². The molecule has 0 bridgehead atoms. The molecule has 16 heteroatoms. The van der Waals surface area contributed by atoms with Crippen molar-refractivity contribution in [2.45, 2.75) is 95.9 Å². The van der Waals surface area contributed by atoms with Crippen LogP contribution in [0.15, 0.2) is 24.3 Å². The molecule has 3 saturated heterocycles. The maximum atomic E-state index is 13.9. The zero-order chi connectivity index (χ0) is 39.1. The average Bonchev–Trinajstić information content (AvgIpc) is 3.65. The van der Waals surface area contributed by atoms with Crippen LogP contribution in [0, 0.1) is 6.92 Å². The molecule has 6 rings (SSSR count). The lowest BCUT2D eigenvalue weighted by molar-refractivity contribution is -0.181. The largest absolute Gasteiger partial charge is 0.483 e. The lowest BCUT2D eigenvalue weighted by Gasteiger charge is -2.37.